The van der Waals surface area contributed by atoms with Crippen molar-refractivity contribution in [1.29, 1.82) is 0 Å². The van der Waals surface area contributed by atoms with E-state index >= 15 is 0 Å². The molecule has 0 heterocycles. The summed E-state index contributed by atoms with van der Waals surface area (Å²) in [4.78, 5) is 0. The summed E-state index contributed by atoms with van der Waals surface area (Å²) in [5.74, 6) is 0. The van der Waals surface area contributed by atoms with Gasteiger partial charge < -0.3 is 5.32 Å². The van der Waals surface area contributed by atoms with Gasteiger partial charge in [-0.1, -0.05) is 42.0 Å². The number of para-hydroxylation sites is 1. The van der Waals surface area contributed by atoms with Gasteiger partial charge in [-0.25, -0.2) is 0 Å². The number of hydrogen-bond donors (Lipinski definition) is 1. The van der Waals surface area contributed by atoms with Crippen LogP contribution in [0, 0.1) is 13.8 Å². The van der Waals surface area contributed by atoms with Gasteiger partial charge in [-0.2, -0.15) is 0 Å². The molecule has 19 heavy (non-hydrogen) atoms. The van der Waals surface area contributed by atoms with Crippen LogP contribution in [0.5, 0.6) is 0 Å². The summed E-state index contributed by atoms with van der Waals surface area (Å²) in [6.45, 7) is 7.10. The summed E-state index contributed by atoms with van der Waals surface area (Å²) >= 11 is 6.21. The number of halogens is 1. The SMILES string of the molecule is Cc1ccc(C)c(CNc2ccccc2C(C)Cl)c1. The molecule has 0 aliphatic rings. The minimum absolute atomic E-state index is 0.0160. The molecule has 0 saturated carbocycles. The Balaban J connectivity index is 2.17. The Morgan fingerprint density at radius 2 is 1.84 bits per heavy atom. The topological polar surface area (TPSA) is 12.0 Å². The lowest BCUT2D eigenvalue weighted by Gasteiger charge is -2.15. The molecule has 0 saturated heterocycles. The number of aryl methyl sites for hydroxylation is 2. The van der Waals surface area contributed by atoms with Gasteiger partial charge in [0.2, 0.25) is 0 Å². The van der Waals surface area contributed by atoms with Crippen LogP contribution >= 0.6 is 11.6 Å². The molecule has 0 amide bonds. The summed E-state index contributed by atoms with van der Waals surface area (Å²) in [7, 11) is 0. The number of alkyl halides is 1. The van der Waals surface area contributed by atoms with Crippen LogP contribution in [0.2, 0.25) is 0 Å². The van der Waals surface area contributed by atoms with Crippen LogP contribution in [0.1, 0.15) is 34.6 Å². The van der Waals surface area contributed by atoms with E-state index in [2.05, 4.69) is 49.5 Å². The van der Waals surface area contributed by atoms with E-state index in [-0.39, 0.29) is 5.38 Å². The second-order valence-corrected chi connectivity index (χ2v) is 5.64. The number of anilines is 1. The van der Waals surface area contributed by atoms with Gasteiger partial charge in [0.15, 0.2) is 0 Å². The van der Waals surface area contributed by atoms with E-state index < -0.39 is 0 Å². The van der Waals surface area contributed by atoms with E-state index in [4.69, 9.17) is 11.6 Å². The predicted molar refractivity (Wildman–Crippen MR) is 84.0 cm³/mol. The van der Waals surface area contributed by atoms with Crippen LogP contribution in [0.15, 0.2) is 42.5 Å². The fraction of sp³-hybridized carbons (Fsp3) is 0.294. The van der Waals surface area contributed by atoms with E-state index in [9.17, 15) is 0 Å². The maximum Gasteiger partial charge on any atom is 0.0577 e. The fourth-order valence-corrected chi connectivity index (χ4v) is 2.38. The summed E-state index contributed by atoms with van der Waals surface area (Å²) < 4.78 is 0. The second kappa shape index (κ2) is 6.12. The Morgan fingerprint density at radius 1 is 1.11 bits per heavy atom. The van der Waals surface area contributed by atoms with Crippen molar-refractivity contribution < 1.29 is 0 Å². The Morgan fingerprint density at radius 3 is 2.58 bits per heavy atom. The van der Waals surface area contributed by atoms with Crippen LogP contribution < -0.4 is 5.32 Å². The van der Waals surface area contributed by atoms with Gasteiger partial charge in [-0.15, -0.1) is 11.6 Å². The second-order valence-electron chi connectivity index (χ2n) is 4.99. The molecule has 100 valence electrons. The highest BCUT2D eigenvalue weighted by Crippen LogP contribution is 2.27. The van der Waals surface area contributed by atoms with Crippen LogP contribution in [0.3, 0.4) is 0 Å². The molecule has 1 nitrogen and oxygen atoms in total. The minimum Gasteiger partial charge on any atom is -0.381 e. The van der Waals surface area contributed by atoms with E-state index in [0.29, 0.717) is 0 Å². The first-order valence-corrected chi connectivity index (χ1v) is 7.04. The fourth-order valence-electron chi connectivity index (χ4n) is 2.19. The van der Waals surface area contributed by atoms with Gasteiger partial charge in [-0.3, -0.25) is 0 Å². The summed E-state index contributed by atoms with van der Waals surface area (Å²) in [5, 5.41) is 3.51. The lowest BCUT2D eigenvalue weighted by Crippen LogP contribution is -2.04. The van der Waals surface area contributed by atoms with Gasteiger partial charge in [0.1, 0.15) is 0 Å². The quantitative estimate of drug-likeness (QED) is 0.754. The zero-order chi connectivity index (χ0) is 13.8. The van der Waals surface area contributed by atoms with Crippen LogP contribution in [0.4, 0.5) is 5.69 Å². The molecule has 1 atom stereocenters. The van der Waals surface area contributed by atoms with Crippen molar-refractivity contribution in [2.24, 2.45) is 0 Å². The molecule has 2 rings (SSSR count). The number of hydrogen-bond acceptors (Lipinski definition) is 1. The largest absolute Gasteiger partial charge is 0.381 e. The van der Waals surface area contributed by atoms with Crippen LogP contribution in [0.25, 0.3) is 0 Å². The third-order valence-corrected chi connectivity index (χ3v) is 3.60. The van der Waals surface area contributed by atoms with E-state index in [1.165, 1.54) is 16.7 Å². The van der Waals surface area contributed by atoms with Crippen molar-refractivity contribution in [1.82, 2.24) is 0 Å². The Bertz CT molecular complexity index is 561. The highest BCUT2D eigenvalue weighted by molar-refractivity contribution is 6.21. The average Bonchev–Trinajstić information content (AvgIpc) is 2.40. The highest BCUT2D eigenvalue weighted by Gasteiger charge is 2.07. The molecule has 0 fully saturated rings. The molecule has 2 heteroatoms. The van der Waals surface area contributed by atoms with Gasteiger partial charge in [-0.05, 0) is 43.5 Å². The van der Waals surface area contributed by atoms with Crippen molar-refractivity contribution in [3.63, 3.8) is 0 Å². The number of nitrogens with one attached hydrogen (secondary N) is 1. The highest BCUT2D eigenvalue weighted by atomic mass is 35.5. The van der Waals surface area contributed by atoms with Crippen molar-refractivity contribution in [3.8, 4) is 0 Å². The molecule has 2 aromatic rings. The molecule has 0 aliphatic carbocycles. The first-order chi connectivity index (χ1) is 9.08. The summed E-state index contributed by atoms with van der Waals surface area (Å²) in [5.41, 5.74) is 6.20. The van der Waals surface area contributed by atoms with E-state index in [1.807, 2.05) is 19.1 Å². The minimum atomic E-state index is 0.0160. The molecule has 0 aromatic heterocycles. The van der Waals surface area contributed by atoms with Crippen molar-refractivity contribution >= 4 is 17.3 Å². The molecule has 0 radical (unpaired) electrons. The Kier molecular flexibility index (Phi) is 4.49. The maximum atomic E-state index is 6.21. The molecule has 1 N–H and O–H groups in total. The maximum absolute atomic E-state index is 6.21. The number of benzene rings is 2. The van der Waals surface area contributed by atoms with Gasteiger partial charge in [0.05, 0.1) is 5.38 Å². The average molecular weight is 274 g/mol. The molecule has 1 unspecified atom stereocenters. The smallest absolute Gasteiger partial charge is 0.0577 e. The molecular formula is C17H20ClN. The van der Waals surface area contributed by atoms with Crippen LogP contribution in [-0.4, -0.2) is 0 Å². The normalized spacial score (nSPS) is 12.2. The Hall–Kier alpha value is -1.47. The monoisotopic (exact) mass is 273 g/mol. The van der Waals surface area contributed by atoms with E-state index in [1.54, 1.807) is 0 Å². The van der Waals surface area contributed by atoms with Crippen molar-refractivity contribution in [3.05, 3.63) is 64.7 Å². The Labute approximate surface area is 120 Å². The van der Waals surface area contributed by atoms with Gasteiger partial charge in [0.25, 0.3) is 0 Å². The summed E-state index contributed by atoms with van der Waals surface area (Å²) in [6.07, 6.45) is 0. The molecule has 0 spiro atoms. The molecule has 2 aromatic carbocycles. The lowest BCUT2D eigenvalue weighted by atomic mass is 10.0. The van der Waals surface area contributed by atoms with E-state index in [0.717, 1.165) is 17.8 Å². The van der Waals surface area contributed by atoms with Gasteiger partial charge >= 0.3 is 0 Å². The molecular weight excluding hydrogens is 254 g/mol. The molecule has 0 bridgehead atoms. The first-order valence-electron chi connectivity index (χ1n) is 6.61. The number of rotatable bonds is 4. The first kappa shape index (κ1) is 14.0. The lowest BCUT2D eigenvalue weighted by molar-refractivity contribution is 1.05. The van der Waals surface area contributed by atoms with Crippen molar-refractivity contribution in [2.45, 2.75) is 32.7 Å². The van der Waals surface area contributed by atoms with Gasteiger partial charge in [0, 0.05) is 12.2 Å². The van der Waals surface area contributed by atoms with Crippen molar-refractivity contribution in [2.75, 3.05) is 5.32 Å². The standard InChI is InChI=1S/C17H20ClN/c1-12-8-9-13(2)15(10-12)11-19-17-7-5-4-6-16(17)14(3)18/h4-10,14,19H,11H2,1-3H3. The zero-order valence-corrected chi connectivity index (χ0v) is 12.5. The third-order valence-electron chi connectivity index (χ3n) is 3.36. The predicted octanol–water partition coefficient (Wildman–Crippen LogP) is 5.22. The van der Waals surface area contributed by atoms with Crippen LogP contribution in [-0.2, 0) is 6.54 Å². The molecule has 0 aliphatic heterocycles. The summed E-state index contributed by atoms with van der Waals surface area (Å²) in [6, 6.07) is 14.8. The zero-order valence-electron chi connectivity index (χ0n) is 11.7. The third kappa shape index (κ3) is 3.51.